The summed E-state index contributed by atoms with van der Waals surface area (Å²) in [5, 5.41) is 4.25. The summed E-state index contributed by atoms with van der Waals surface area (Å²) in [5.41, 5.74) is 6.56. The van der Waals surface area contributed by atoms with Crippen molar-refractivity contribution in [3.05, 3.63) is 82.7 Å². The molecule has 4 rings (SSSR count). The molecule has 0 spiro atoms. The first kappa shape index (κ1) is 22.6. The van der Waals surface area contributed by atoms with E-state index in [0.29, 0.717) is 23.2 Å². The van der Waals surface area contributed by atoms with Gasteiger partial charge < -0.3 is 14.5 Å². The van der Waals surface area contributed by atoms with E-state index in [-0.39, 0.29) is 5.91 Å². The Bertz CT molecular complexity index is 1340. The predicted octanol–water partition coefficient (Wildman–Crippen LogP) is 7.21. The molecule has 0 fully saturated rings. The maximum absolute atomic E-state index is 12.6. The van der Waals surface area contributed by atoms with Crippen molar-refractivity contribution in [2.45, 2.75) is 27.7 Å². The minimum Gasteiger partial charge on any atom is -0.493 e. The minimum absolute atomic E-state index is 0.284. The molecule has 0 aliphatic heterocycles. The van der Waals surface area contributed by atoms with Gasteiger partial charge in [0.15, 0.2) is 0 Å². The van der Waals surface area contributed by atoms with Crippen LogP contribution in [0.25, 0.3) is 27.7 Å². The van der Waals surface area contributed by atoms with Crippen molar-refractivity contribution in [2.24, 2.45) is 0 Å². The molecule has 0 saturated heterocycles. The van der Waals surface area contributed by atoms with Gasteiger partial charge in [0, 0.05) is 34.3 Å². The Kier molecular flexibility index (Phi) is 6.52. The highest BCUT2D eigenvalue weighted by atomic mass is 35.5. The number of halogens is 1. The van der Waals surface area contributed by atoms with Crippen molar-refractivity contribution < 1.29 is 13.9 Å². The number of aromatic nitrogens is 1. The monoisotopic (exact) mass is 460 g/mol. The lowest BCUT2D eigenvalue weighted by Gasteiger charge is -2.15. The van der Waals surface area contributed by atoms with Gasteiger partial charge in [0.05, 0.1) is 17.9 Å². The molecule has 0 atom stereocenters. The first-order valence-corrected chi connectivity index (χ1v) is 11.1. The van der Waals surface area contributed by atoms with Crippen LogP contribution in [0, 0.1) is 13.8 Å². The summed E-state index contributed by atoms with van der Waals surface area (Å²) in [5.74, 6) is 0.857. The van der Waals surface area contributed by atoms with Crippen LogP contribution < -0.4 is 10.1 Å². The lowest BCUT2D eigenvalue weighted by Crippen LogP contribution is -2.10. The highest BCUT2D eigenvalue weighted by Crippen LogP contribution is 2.40. The molecule has 33 heavy (non-hydrogen) atoms. The largest absolute Gasteiger partial charge is 0.493 e. The third-order valence-corrected chi connectivity index (χ3v) is 5.67. The van der Waals surface area contributed by atoms with Gasteiger partial charge in [-0.05, 0) is 57.0 Å². The first-order chi connectivity index (χ1) is 15.9. The third kappa shape index (κ3) is 4.78. The van der Waals surface area contributed by atoms with E-state index in [1.165, 1.54) is 11.8 Å². The molecule has 6 heteroatoms. The number of aryl methyl sites for hydroxylation is 2. The van der Waals surface area contributed by atoms with Crippen LogP contribution in [0.2, 0.25) is 5.02 Å². The molecule has 2 heterocycles. The van der Waals surface area contributed by atoms with E-state index in [9.17, 15) is 4.79 Å². The molecule has 168 valence electrons. The number of fused-ring (bicyclic) bond motifs is 1. The van der Waals surface area contributed by atoms with Crippen LogP contribution in [-0.2, 0) is 4.79 Å². The highest BCUT2D eigenvalue weighted by Gasteiger charge is 2.19. The van der Waals surface area contributed by atoms with Crippen LogP contribution in [-0.4, -0.2) is 17.5 Å². The number of pyridine rings is 1. The van der Waals surface area contributed by atoms with E-state index in [1.807, 2.05) is 26.8 Å². The fourth-order valence-corrected chi connectivity index (χ4v) is 3.89. The molecule has 0 aliphatic carbocycles. The predicted molar refractivity (Wildman–Crippen MR) is 134 cm³/mol. The molecule has 4 aromatic rings. The number of allylic oxidation sites excluding steroid dienone is 1. The maximum atomic E-state index is 12.6. The average Bonchev–Trinajstić information content (AvgIpc) is 3.22. The van der Waals surface area contributed by atoms with Gasteiger partial charge in [0.1, 0.15) is 17.2 Å². The van der Waals surface area contributed by atoms with Crippen LogP contribution in [0.15, 0.2) is 65.4 Å². The van der Waals surface area contributed by atoms with Gasteiger partial charge in [-0.15, -0.1) is 0 Å². The number of nitrogens with one attached hydrogen (secondary N) is 1. The number of carbonyl (C=O) groups is 1. The third-order valence-electron chi connectivity index (χ3n) is 5.45. The van der Waals surface area contributed by atoms with Crippen molar-refractivity contribution in [1.29, 1.82) is 0 Å². The second kappa shape index (κ2) is 9.51. The van der Waals surface area contributed by atoms with E-state index >= 15 is 0 Å². The topological polar surface area (TPSA) is 64.4 Å². The Hall–Kier alpha value is -3.57. The molecule has 2 aromatic carbocycles. The Balaban J connectivity index is 1.77. The minimum atomic E-state index is -0.284. The quantitative estimate of drug-likeness (QED) is 0.309. The van der Waals surface area contributed by atoms with Crippen LogP contribution in [0.1, 0.15) is 30.5 Å². The number of rotatable bonds is 6. The second-order valence-corrected chi connectivity index (χ2v) is 8.32. The van der Waals surface area contributed by atoms with Gasteiger partial charge in [0.25, 0.3) is 0 Å². The lowest BCUT2D eigenvalue weighted by atomic mass is 9.96. The summed E-state index contributed by atoms with van der Waals surface area (Å²) >= 11 is 5.87. The molecule has 1 N–H and O–H groups in total. The van der Waals surface area contributed by atoms with Gasteiger partial charge >= 0.3 is 0 Å². The van der Waals surface area contributed by atoms with Crippen molar-refractivity contribution in [2.75, 3.05) is 11.9 Å². The van der Waals surface area contributed by atoms with E-state index < -0.39 is 0 Å². The summed E-state index contributed by atoms with van der Waals surface area (Å²) in [4.78, 5) is 16.8. The molecule has 0 saturated carbocycles. The number of carbonyl (C=O) groups excluding carboxylic acids is 1. The van der Waals surface area contributed by atoms with Crippen LogP contribution in [0.5, 0.6) is 5.75 Å². The summed E-state index contributed by atoms with van der Waals surface area (Å²) < 4.78 is 11.9. The van der Waals surface area contributed by atoms with Crippen LogP contribution >= 0.6 is 11.6 Å². The Morgan fingerprint density at radius 3 is 2.61 bits per heavy atom. The number of furan rings is 1. The van der Waals surface area contributed by atoms with Crippen molar-refractivity contribution in [3.63, 3.8) is 0 Å². The SMILES string of the molecule is CCOc1c(/C(C)=C/C(=O)Nc2ccc(Cl)cn2)cc2c(-c3ccc(C)cc3)coc2c1C. The van der Waals surface area contributed by atoms with E-state index in [4.69, 9.17) is 20.8 Å². The Morgan fingerprint density at radius 1 is 1.18 bits per heavy atom. The average molecular weight is 461 g/mol. The summed E-state index contributed by atoms with van der Waals surface area (Å²) in [6, 6.07) is 13.7. The van der Waals surface area contributed by atoms with Gasteiger partial charge in [-0.3, -0.25) is 4.79 Å². The van der Waals surface area contributed by atoms with Gasteiger partial charge in [-0.25, -0.2) is 4.98 Å². The number of anilines is 1. The normalized spacial score (nSPS) is 11.6. The number of hydrogen-bond acceptors (Lipinski definition) is 4. The molecule has 5 nitrogen and oxygen atoms in total. The summed E-state index contributed by atoms with van der Waals surface area (Å²) in [7, 11) is 0. The molecular weight excluding hydrogens is 436 g/mol. The van der Waals surface area contributed by atoms with E-state index in [1.54, 1.807) is 24.5 Å². The van der Waals surface area contributed by atoms with Crippen molar-refractivity contribution in [3.8, 4) is 16.9 Å². The fraction of sp³-hybridized carbons (Fsp3) is 0.185. The van der Waals surface area contributed by atoms with Crippen LogP contribution in [0.4, 0.5) is 5.82 Å². The van der Waals surface area contributed by atoms with Gasteiger partial charge in [-0.2, -0.15) is 0 Å². The molecule has 1 amide bonds. The molecular formula is C27H25ClN2O3. The van der Waals surface area contributed by atoms with E-state index in [0.717, 1.165) is 38.8 Å². The number of amides is 1. The Labute approximate surface area is 198 Å². The second-order valence-electron chi connectivity index (χ2n) is 7.88. The molecule has 0 bridgehead atoms. The number of hydrogen-bond donors (Lipinski definition) is 1. The zero-order valence-corrected chi connectivity index (χ0v) is 19.8. The van der Waals surface area contributed by atoms with E-state index in [2.05, 4.69) is 41.5 Å². The lowest BCUT2D eigenvalue weighted by molar-refractivity contribution is -0.111. The zero-order chi connectivity index (χ0) is 23.5. The first-order valence-electron chi connectivity index (χ1n) is 10.7. The summed E-state index contributed by atoms with van der Waals surface area (Å²) in [6.07, 6.45) is 4.81. The van der Waals surface area contributed by atoms with Crippen LogP contribution in [0.3, 0.4) is 0 Å². The van der Waals surface area contributed by atoms with Gasteiger partial charge in [0.2, 0.25) is 5.91 Å². The van der Waals surface area contributed by atoms with Gasteiger partial charge in [-0.1, -0.05) is 41.4 Å². The molecule has 0 radical (unpaired) electrons. The standard InChI is InChI=1S/C27H25ClN2O3/c1-5-32-26-18(4)27-22(23(15-33-27)19-8-6-16(2)7-9-19)13-21(26)17(3)12-25(31)30-24-11-10-20(28)14-29-24/h6-15H,5H2,1-4H3,(H,29,30,31)/b17-12+. The number of nitrogens with zero attached hydrogens (tertiary/aromatic N) is 1. The molecule has 2 aromatic heterocycles. The highest BCUT2D eigenvalue weighted by molar-refractivity contribution is 6.30. The zero-order valence-electron chi connectivity index (χ0n) is 19.0. The number of benzene rings is 2. The smallest absolute Gasteiger partial charge is 0.249 e. The summed E-state index contributed by atoms with van der Waals surface area (Å²) in [6.45, 7) is 8.37. The Morgan fingerprint density at radius 2 is 1.94 bits per heavy atom. The fourth-order valence-electron chi connectivity index (χ4n) is 3.78. The molecule has 0 aliphatic rings. The van der Waals surface area contributed by atoms with Crippen molar-refractivity contribution >= 4 is 39.9 Å². The number of ether oxygens (including phenoxy) is 1. The molecule has 0 unspecified atom stereocenters. The maximum Gasteiger partial charge on any atom is 0.249 e. The van der Waals surface area contributed by atoms with Crippen molar-refractivity contribution in [1.82, 2.24) is 4.98 Å².